The second-order valence-corrected chi connectivity index (χ2v) is 8.66. The summed E-state index contributed by atoms with van der Waals surface area (Å²) in [5.41, 5.74) is 2.29. The molecule has 1 N–H and O–H groups in total. The average molecular weight is 432 g/mol. The van der Waals surface area contributed by atoms with Crippen molar-refractivity contribution in [3.63, 3.8) is 0 Å². The van der Waals surface area contributed by atoms with Gasteiger partial charge in [-0.3, -0.25) is 9.59 Å². The maximum absolute atomic E-state index is 12.9. The van der Waals surface area contributed by atoms with Gasteiger partial charge in [0.2, 0.25) is 0 Å². The Bertz CT molecular complexity index is 1170. The summed E-state index contributed by atoms with van der Waals surface area (Å²) in [5.74, 6) is 0.351. The fourth-order valence-electron chi connectivity index (χ4n) is 3.87. The van der Waals surface area contributed by atoms with Gasteiger partial charge in [-0.2, -0.15) is 0 Å². The average Bonchev–Trinajstić information content (AvgIpc) is 3.49. The quantitative estimate of drug-likeness (QED) is 0.484. The predicted octanol–water partition coefficient (Wildman–Crippen LogP) is 5.16. The topological polar surface area (TPSA) is 75.4 Å². The fourth-order valence-corrected chi connectivity index (χ4v) is 5.01. The van der Waals surface area contributed by atoms with Crippen LogP contribution in [-0.2, 0) is 0 Å². The second kappa shape index (κ2) is 8.35. The molecule has 5 rings (SSSR count). The molecule has 0 aliphatic carbocycles. The van der Waals surface area contributed by atoms with Gasteiger partial charge in [0.25, 0.3) is 11.8 Å². The minimum absolute atomic E-state index is 0.0201. The number of benzene rings is 2. The van der Waals surface area contributed by atoms with Crippen molar-refractivity contribution in [2.75, 3.05) is 18.4 Å². The molecule has 1 aliphatic rings. The normalized spacial score (nSPS) is 14.6. The maximum atomic E-state index is 12.9. The number of carbonyl (C=O) groups excluding carboxylic acids is 2. The highest BCUT2D eigenvalue weighted by Gasteiger charge is 2.26. The van der Waals surface area contributed by atoms with Crippen LogP contribution in [0, 0.1) is 0 Å². The largest absolute Gasteiger partial charge is 0.459 e. The summed E-state index contributed by atoms with van der Waals surface area (Å²) < 4.78 is 6.31. The molecule has 2 aromatic heterocycles. The van der Waals surface area contributed by atoms with E-state index in [1.54, 1.807) is 47.7 Å². The molecule has 0 atom stereocenters. The Morgan fingerprint density at radius 2 is 1.77 bits per heavy atom. The first-order valence-corrected chi connectivity index (χ1v) is 11.1. The van der Waals surface area contributed by atoms with Crippen LogP contribution in [0.4, 0.5) is 5.69 Å². The van der Waals surface area contributed by atoms with E-state index in [4.69, 9.17) is 9.40 Å². The minimum atomic E-state index is -0.319. The summed E-state index contributed by atoms with van der Waals surface area (Å²) in [6, 6.07) is 18.5. The Labute approximate surface area is 183 Å². The molecule has 0 bridgehead atoms. The van der Waals surface area contributed by atoms with Crippen LogP contribution in [0.5, 0.6) is 0 Å². The standard InChI is InChI=1S/C24H21N3O3S/c28-22(20-5-3-15-30-20)25-18-9-7-17(8-10-18)24(29)27-13-11-16(12-14-27)23-26-19-4-1-2-6-21(19)31-23/h1-10,15-16H,11-14H2,(H,25,28). The number of rotatable bonds is 4. The Morgan fingerprint density at radius 3 is 2.48 bits per heavy atom. The van der Waals surface area contributed by atoms with Crippen LogP contribution < -0.4 is 5.32 Å². The van der Waals surface area contributed by atoms with Crippen molar-refractivity contribution in [2.24, 2.45) is 0 Å². The molecule has 6 nitrogen and oxygen atoms in total. The van der Waals surface area contributed by atoms with Gasteiger partial charge in [0.1, 0.15) is 0 Å². The summed E-state index contributed by atoms with van der Waals surface area (Å²) in [5, 5.41) is 3.93. The third-order valence-corrected chi connectivity index (χ3v) is 6.78. The number of thiazole rings is 1. The first-order chi connectivity index (χ1) is 15.2. The third kappa shape index (κ3) is 4.09. The fraction of sp³-hybridized carbons (Fsp3) is 0.208. The zero-order valence-electron chi connectivity index (χ0n) is 16.8. The van der Waals surface area contributed by atoms with Crippen molar-refractivity contribution >= 4 is 39.1 Å². The SMILES string of the molecule is O=C(Nc1ccc(C(=O)N2CCC(c3nc4ccccc4s3)CC2)cc1)c1ccco1. The van der Waals surface area contributed by atoms with Crippen molar-refractivity contribution in [3.8, 4) is 0 Å². The molecule has 31 heavy (non-hydrogen) atoms. The number of hydrogen-bond acceptors (Lipinski definition) is 5. The van der Waals surface area contributed by atoms with Crippen molar-refractivity contribution < 1.29 is 14.0 Å². The summed E-state index contributed by atoms with van der Waals surface area (Å²) in [6.45, 7) is 1.44. The molecule has 2 amide bonds. The predicted molar refractivity (Wildman–Crippen MR) is 121 cm³/mol. The lowest BCUT2D eigenvalue weighted by molar-refractivity contribution is 0.0713. The number of amides is 2. The van der Waals surface area contributed by atoms with E-state index in [1.165, 1.54) is 16.0 Å². The summed E-state index contributed by atoms with van der Waals surface area (Å²) in [4.78, 5) is 31.7. The summed E-state index contributed by atoms with van der Waals surface area (Å²) >= 11 is 1.76. The van der Waals surface area contributed by atoms with Crippen molar-refractivity contribution in [1.82, 2.24) is 9.88 Å². The number of furan rings is 1. The van der Waals surface area contributed by atoms with E-state index in [9.17, 15) is 9.59 Å². The van der Waals surface area contributed by atoms with Gasteiger partial charge >= 0.3 is 0 Å². The number of nitrogens with zero attached hydrogens (tertiary/aromatic N) is 2. The minimum Gasteiger partial charge on any atom is -0.459 e. The molecule has 0 spiro atoms. The van der Waals surface area contributed by atoms with Crippen LogP contribution in [0.3, 0.4) is 0 Å². The molecule has 7 heteroatoms. The number of carbonyl (C=O) groups is 2. The Kier molecular flexibility index (Phi) is 5.26. The molecule has 3 heterocycles. The zero-order chi connectivity index (χ0) is 21.2. The van der Waals surface area contributed by atoms with Crippen LogP contribution >= 0.6 is 11.3 Å². The van der Waals surface area contributed by atoms with Gasteiger partial charge in [-0.25, -0.2) is 4.98 Å². The molecular formula is C24H21N3O3S. The second-order valence-electron chi connectivity index (χ2n) is 7.60. The molecule has 2 aromatic carbocycles. The highest BCUT2D eigenvalue weighted by atomic mass is 32.1. The molecule has 1 aliphatic heterocycles. The van der Waals surface area contributed by atoms with Gasteiger partial charge < -0.3 is 14.6 Å². The molecule has 0 radical (unpaired) electrons. The molecule has 1 saturated heterocycles. The molecule has 0 unspecified atom stereocenters. The number of aromatic nitrogens is 1. The van der Waals surface area contributed by atoms with Crippen LogP contribution in [0.2, 0.25) is 0 Å². The number of fused-ring (bicyclic) bond motifs is 1. The molecule has 156 valence electrons. The van der Waals surface area contributed by atoms with E-state index in [2.05, 4.69) is 17.4 Å². The third-order valence-electron chi connectivity index (χ3n) is 5.58. The number of hydrogen-bond donors (Lipinski definition) is 1. The van der Waals surface area contributed by atoms with E-state index in [-0.39, 0.29) is 17.6 Å². The van der Waals surface area contributed by atoms with Gasteiger partial charge in [-0.1, -0.05) is 12.1 Å². The Hall–Kier alpha value is -3.45. The van der Waals surface area contributed by atoms with Crippen LogP contribution in [0.25, 0.3) is 10.2 Å². The van der Waals surface area contributed by atoms with E-state index in [0.29, 0.717) is 17.2 Å². The highest BCUT2D eigenvalue weighted by Crippen LogP contribution is 2.34. The maximum Gasteiger partial charge on any atom is 0.291 e. The molecule has 1 fully saturated rings. The first kappa shape index (κ1) is 19.5. The van der Waals surface area contributed by atoms with Crippen LogP contribution in [0.1, 0.15) is 44.7 Å². The van der Waals surface area contributed by atoms with Gasteiger partial charge in [0, 0.05) is 30.3 Å². The van der Waals surface area contributed by atoms with E-state index < -0.39 is 0 Å². The zero-order valence-corrected chi connectivity index (χ0v) is 17.6. The number of para-hydroxylation sites is 1. The summed E-state index contributed by atoms with van der Waals surface area (Å²) in [7, 11) is 0. The lowest BCUT2D eigenvalue weighted by Gasteiger charge is -2.31. The molecule has 0 saturated carbocycles. The van der Waals surface area contributed by atoms with Gasteiger partial charge in [0.15, 0.2) is 5.76 Å². The van der Waals surface area contributed by atoms with Gasteiger partial charge in [0.05, 0.1) is 21.5 Å². The lowest BCUT2D eigenvalue weighted by Crippen LogP contribution is -2.37. The van der Waals surface area contributed by atoms with Crippen molar-refractivity contribution in [3.05, 3.63) is 83.3 Å². The highest BCUT2D eigenvalue weighted by molar-refractivity contribution is 7.18. The van der Waals surface area contributed by atoms with Gasteiger partial charge in [-0.15, -0.1) is 11.3 Å². The molecule has 4 aromatic rings. The van der Waals surface area contributed by atoms with E-state index >= 15 is 0 Å². The summed E-state index contributed by atoms with van der Waals surface area (Å²) in [6.07, 6.45) is 3.29. The number of anilines is 1. The van der Waals surface area contributed by atoms with Crippen LogP contribution in [-0.4, -0.2) is 34.8 Å². The first-order valence-electron chi connectivity index (χ1n) is 10.3. The van der Waals surface area contributed by atoms with E-state index in [0.717, 1.165) is 31.4 Å². The lowest BCUT2D eigenvalue weighted by atomic mass is 9.97. The number of nitrogens with one attached hydrogen (secondary N) is 1. The van der Waals surface area contributed by atoms with Crippen molar-refractivity contribution in [1.29, 1.82) is 0 Å². The van der Waals surface area contributed by atoms with Crippen LogP contribution in [0.15, 0.2) is 71.3 Å². The Morgan fingerprint density at radius 1 is 1.00 bits per heavy atom. The Balaban J connectivity index is 1.19. The number of piperidine rings is 1. The smallest absolute Gasteiger partial charge is 0.291 e. The van der Waals surface area contributed by atoms with Gasteiger partial charge in [-0.05, 0) is 61.4 Å². The number of likely N-dealkylation sites (tertiary alicyclic amines) is 1. The monoisotopic (exact) mass is 431 g/mol. The molecular weight excluding hydrogens is 410 g/mol. The van der Waals surface area contributed by atoms with E-state index in [1.807, 2.05) is 17.0 Å². The van der Waals surface area contributed by atoms with Crippen molar-refractivity contribution in [2.45, 2.75) is 18.8 Å².